The van der Waals surface area contributed by atoms with Gasteiger partial charge in [-0.3, -0.25) is 4.79 Å². The third-order valence-electron chi connectivity index (χ3n) is 2.36. The number of hydrogen-bond acceptors (Lipinski definition) is 3. The van der Waals surface area contributed by atoms with Crippen molar-refractivity contribution in [1.29, 1.82) is 0 Å². The Balaban J connectivity index is 2.49. The summed E-state index contributed by atoms with van der Waals surface area (Å²) in [6.45, 7) is 0.931. The standard InChI is InChI=1S/C12H14BrF3N2O2/c1-17-11(19)4-5-18-7-8-2-3-10(9(13)6-8)20-12(14,15)16/h2-3,6,18H,4-5,7H2,1H3,(H,17,19). The quantitative estimate of drug-likeness (QED) is 0.772. The summed E-state index contributed by atoms with van der Waals surface area (Å²) < 4.78 is 40.3. The summed E-state index contributed by atoms with van der Waals surface area (Å²) in [5, 5.41) is 5.51. The Morgan fingerprint density at radius 1 is 1.40 bits per heavy atom. The van der Waals surface area contributed by atoms with Crippen molar-refractivity contribution < 1.29 is 22.7 Å². The van der Waals surface area contributed by atoms with Crippen LogP contribution in [0.1, 0.15) is 12.0 Å². The highest BCUT2D eigenvalue weighted by atomic mass is 79.9. The van der Waals surface area contributed by atoms with Gasteiger partial charge in [0, 0.05) is 26.6 Å². The minimum absolute atomic E-state index is 0.0763. The molecule has 8 heteroatoms. The Bertz CT molecular complexity index is 467. The molecule has 0 aliphatic rings. The van der Waals surface area contributed by atoms with Gasteiger partial charge in [-0.25, -0.2) is 0 Å². The van der Waals surface area contributed by atoms with Crippen LogP contribution < -0.4 is 15.4 Å². The first-order valence-electron chi connectivity index (χ1n) is 5.77. The zero-order chi connectivity index (χ0) is 15.2. The first-order chi connectivity index (χ1) is 9.31. The van der Waals surface area contributed by atoms with E-state index in [1.807, 2.05) is 0 Å². The van der Waals surface area contributed by atoms with Gasteiger partial charge in [-0.2, -0.15) is 0 Å². The van der Waals surface area contributed by atoms with E-state index in [-0.39, 0.29) is 16.1 Å². The van der Waals surface area contributed by atoms with Gasteiger partial charge in [-0.15, -0.1) is 13.2 Å². The van der Waals surface area contributed by atoms with Crippen LogP contribution >= 0.6 is 15.9 Å². The maximum absolute atomic E-state index is 12.1. The topological polar surface area (TPSA) is 50.4 Å². The largest absolute Gasteiger partial charge is 0.573 e. The Kier molecular flexibility index (Phi) is 6.28. The van der Waals surface area contributed by atoms with Crippen LogP contribution in [0.2, 0.25) is 0 Å². The second kappa shape index (κ2) is 7.49. The second-order valence-electron chi connectivity index (χ2n) is 3.91. The summed E-state index contributed by atoms with van der Waals surface area (Å²) >= 11 is 3.03. The van der Waals surface area contributed by atoms with Crippen molar-refractivity contribution in [2.75, 3.05) is 13.6 Å². The SMILES string of the molecule is CNC(=O)CCNCc1ccc(OC(F)(F)F)c(Br)c1. The van der Waals surface area contributed by atoms with E-state index in [0.717, 1.165) is 5.56 Å². The number of hydrogen-bond donors (Lipinski definition) is 2. The Hall–Kier alpha value is -1.28. The number of carbonyl (C=O) groups is 1. The van der Waals surface area contributed by atoms with E-state index < -0.39 is 6.36 Å². The van der Waals surface area contributed by atoms with E-state index in [1.54, 1.807) is 7.05 Å². The second-order valence-corrected chi connectivity index (χ2v) is 4.77. The zero-order valence-electron chi connectivity index (χ0n) is 10.7. The molecule has 1 aromatic rings. The Morgan fingerprint density at radius 2 is 2.10 bits per heavy atom. The fourth-order valence-corrected chi connectivity index (χ4v) is 1.93. The summed E-state index contributed by atoms with van der Waals surface area (Å²) in [6.07, 6.45) is -4.37. The molecule has 1 rings (SSSR count). The molecule has 0 saturated heterocycles. The third kappa shape index (κ3) is 6.25. The first kappa shape index (κ1) is 16.8. The number of ether oxygens (including phenoxy) is 1. The van der Waals surface area contributed by atoms with E-state index in [4.69, 9.17) is 0 Å². The lowest BCUT2D eigenvalue weighted by atomic mass is 10.2. The predicted octanol–water partition coefficient (Wildman–Crippen LogP) is 2.57. The van der Waals surface area contributed by atoms with E-state index >= 15 is 0 Å². The predicted molar refractivity (Wildman–Crippen MR) is 71.2 cm³/mol. The monoisotopic (exact) mass is 354 g/mol. The van der Waals surface area contributed by atoms with Crippen LogP contribution in [-0.2, 0) is 11.3 Å². The van der Waals surface area contributed by atoms with Gasteiger partial charge in [0.2, 0.25) is 5.91 Å². The first-order valence-corrected chi connectivity index (χ1v) is 6.56. The summed E-state index contributed by atoms with van der Waals surface area (Å²) in [7, 11) is 1.55. The molecule has 0 radical (unpaired) electrons. The molecule has 0 bridgehead atoms. The van der Waals surface area contributed by atoms with Crippen molar-refractivity contribution in [2.24, 2.45) is 0 Å². The molecule has 0 spiro atoms. The van der Waals surface area contributed by atoms with Crippen LogP contribution in [0.5, 0.6) is 5.75 Å². The lowest BCUT2D eigenvalue weighted by molar-refractivity contribution is -0.274. The fraction of sp³-hybridized carbons (Fsp3) is 0.417. The van der Waals surface area contributed by atoms with Crippen LogP contribution in [0.15, 0.2) is 22.7 Å². The van der Waals surface area contributed by atoms with Crippen molar-refractivity contribution in [3.05, 3.63) is 28.2 Å². The molecule has 0 aromatic heterocycles. The average molecular weight is 355 g/mol. The molecule has 0 fully saturated rings. The van der Waals surface area contributed by atoms with Crippen LogP contribution in [0.3, 0.4) is 0 Å². The normalized spacial score (nSPS) is 11.2. The molecule has 0 unspecified atom stereocenters. The number of halogens is 4. The molecule has 0 saturated carbocycles. The Morgan fingerprint density at radius 3 is 2.65 bits per heavy atom. The molecule has 0 heterocycles. The molecule has 1 aromatic carbocycles. The molecule has 20 heavy (non-hydrogen) atoms. The molecular formula is C12H14BrF3N2O2. The number of amides is 1. The van der Waals surface area contributed by atoms with Crippen molar-refractivity contribution in [1.82, 2.24) is 10.6 Å². The highest BCUT2D eigenvalue weighted by Crippen LogP contribution is 2.30. The van der Waals surface area contributed by atoms with E-state index in [1.165, 1.54) is 18.2 Å². The molecule has 1 amide bonds. The van der Waals surface area contributed by atoms with Gasteiger partial charge in [0.15, 0.2) is 0 Å². The smallest absolute Gasteiger partial charge is 0.405 e. The summed E-state index contributed by atoms with van der Waals surface area (Å²) in [5.41, 5.74) is 0.781. The van der Waals surface area contributed by atoms with Crippen LogP contribution in [0, 0.1) is 0 Å². The summed E-state index contributed by atoms with van der Waals surface area (Å²) in [4.78, 5) is 11.0. The van der Waals surface area contributed by atoms with Gasteiger partial charge in [-0.1, -0.05) is 6.07 Å². The van der Waals surface area contributed by atoms with Crippen LogP contribution in [-0.4, -0.2) is 25.9 Å². The zero-order valence-corrected chi connectivity index (χ0v) is 12.3. The van der Waals surface area contributed by atoms with Crippen molar-refractivity contribution in [3.8, 4) is 5.75 Å². The molecular weight excluding hydrogens is 341 g/mol. The third-order valence-corrected chi connectivity index (χ3v) is 2.98. The van der Waals surface area contributed by atoms with Gasteiger partial charge in [0.1, 0.15) is 5.75 Å². The summed E-state index contributed by atoms with van der Waals surface area (Å²) in [6, 6.07) is 4.31. The summed E-state index contributed by atoms with van der Waals surface area (Å²) in [5.74, 6) is -0.362. The van der Waals surface area contributed by atoms with Gasteiger partial charge in [0.25, 0.3) is 0 Å². The molecule has 112 valence electrons. The van der Waals surface area contributed by atoms with E-state index in [0.29, 0.717) is 19.5 Å². The number of rotatable bonds is 6. The molecule has 2 N–H and O–H groups in total. The minimum atomic E-state index is -4.71. The minimum Gasteiger partial charge on any atom is -0.405 e. The molecule has 0 aliphatic heterocycles. The lowest BCUT2D eigenvalue weighted by Crippen LogP contribution is -2.24. The molecule has 0 aliphatic carbocycles. The molecule has 4 nitrogen and oxygen atoms in total. The van der Waals surface area contributed by atoms with Gasteiger partial charge < -0.3 is 15.4 Å². The number of nitrogens with one attached hydrogen (secondary N) is 2. The van der Waals surface area contributed by atoms with Crippen LogP contribution in [0.4, 0.5) is 13.2 Å². The highest BCUT2D eigenvalue weighted by Gasteiger charge is 2.31. The molecule has 0 atom stereocenters. The average Bonchev–Trinajstić information content (AvgIpc) is 2.36. The Labute approximate surface area is 122 Å². The number of benzene rings is 1. The fourth-order valence-electron chi connectivity index (χ4n) is 1.42. The maximum Gasteiger partial charge on any atom is 0.573 e. The van der Waals surface area contributed by atoms with Gasteiger partial charge in [0.05, 0.1) is 4.47 Å². The van der Waals surface area contributed by atoms with E-state index in [2.05, 4.69) is 31.3 Å². The lowest BCUT2D eigenvalue weighted by Gasteiger charge is -2.11. The van der Waals surface area contributed by atoms with Gasteiger partial charge >= 0.3 is 6.36 Å². The number of carbonyl (C=O) groups excluding carboxylic acids is 1. The van der Waals surface area contributed by atoms with Crippen LogP contribution in [0.25, 0.3) is 0 Å². The van der Waals surface area contributed by atoms with Crippen molar-refractivity contribution >= 4 is 21.8 Å². The maximum atomic E-state index is 12.1. The van der Waals surface area contributed by atoms with Crippen molar-refractivity contribution in [2.45, 2.75) is 19.3 Å². The highest BCUT2D eigenvalue weighted by molar-refractivity contribution is 9.10. The van der Waals surface area contributed by atoms with Crippen molar-refractivity contribution in [3.63, 3.8) is 0 Å². The van der Waals surface area contributed by atoms with Gasteiger partial charge in [-0.05, 0) is 33.6 Å². The number of alkyl halides is 3. The van der Waals surface area contributed by atoms with E-state index in [9.17, 15) is 18.0 Å².